The molecule has 0 saturated carbocycles. The summed E-state index contributed by atoms with van der Waals surface area (Å²) in [4.78, 5) is 8.86. The van der Waals surface area contributed by atoms with Crippen molar-refractivity contribution in [2.75, 3.05) is 0 Å². The first-order valence-electron chi connectivity index (χ1n) is 0.651. The summed E-state index contributed by atoms with van der Waals surface area (Å²) in [5, 5.41) is 6.14. The van der Waals surface area contributed by atoms with Gasteiger partial charge in [0.1, 0.15) is 0 Å². The van der Waals surface area contributed by atoms with Crippen LogP contribution in [0.4, 0.5) is 4.79 Å². The first-order valence-corrected chi connectivity index (χ1v) is 1.10. The van der Waals surface area contributed by atoms with E-state index in [2.05, 4.69) is 12.6 Å². The van der Waals surface area contributed by atoms with Gasteiger partial charge < -0.3 is 5.11 Å². The normalized spacial score (nSPS) is 5.00. The van der Waals surface area contributed by atoms with Crippen molar-refractivity contribution in [2.45, 2.75) is 0 Å². The van der Waals surface area contributed by atoms with Crippen LogP contribution >= 0.6 is 12.6 Å². The smallest absolute Gasteiger partial charge is 0.361 e. The zero-order valence-electron chi connectivity index (χ0n) is 2.10. The van der Waals surface area contributed by atoms with E-state index < -0.39 is 5.30 Å². The van der Waals surface area contributed by atoms with E-state index in [0.29, 0.717) is 0 Å². The molecule has 0 aliphatic heterocycles. The maximum Gasteiger partial charge on any atom is 0.361 e. The van der Waals surface area contributed by atoms with Crippen LogP contribution in [0.1, 0.15) is 0 Å². The van der Waals surface area contributed by atoms with E-state index in [0.717, 1.165) is 0 Å². The number of carboxylic acid groups (broad SMARTS) is 1. The standard InChI is InChI=1S/CH2O2S.Cu/c2-1(3)4;/h4H,(H,2,3);. The largest absolute Gasteiger partial charge is 0.473 e. The van der Waals surface area contributed by atoms with Gasteiger partial charge in [0.05, 0.1) is 0 Å². The van der Waals surface area contributed by atoms with Crippen molar-refractivity contribution in [3.05, 3.63) is 0 Å². The van der Waals surface area contributed by atoms with E-state index in [1.165, 1.54) is 0 Å². The molecule has 0 aromatic heterocycles. The maximum absolute atomic E-state index is 8.86. The molecule has 0 unspecified atom stereocenters. The Morgan fingerprint density at radius 3 is 1.80 bits per heavy atom. The second kappa shape index (κ2) is 4.34. The van der Waals surface area contributed by atoms with Crippen LogP contribution in [0.5, 0.6) is 0 Å². The topological polar surface area (TPSA) is 37.3 Å². The third kappa shape index (κ3) is 206. The van der Waals surface area contributed by atoms with Crippen LogP contribution in [0, 0.1) is 0 Å². The maximum atomic E-state index is 8.86. The van der Waals surface area contributed by atoms with E-state index in [1.54, 1.807) is 0 Å². The molecule has 0 saturated heterocycles. The van der Waals surface area contributed by atoms with Crippen LogP contribution in [0.25, 0.3) is 0 Å². The molecule has 2 nitrogen and oxygen atoms in total. The van der Waals surface area contributed by atoms with Crippen LogP contribution in [-0.2, 0) is 17.1 Å². The summed E-state index contributed by atoms with van der Waals surface area (Å²) >= 11 is 2.88. The van der Waals surface area contributed by atoms with Crippen molar-refractivity contribution in [2.24, 2.45) is 0 Å². The first kappa shape index (κ1) is 9.02. The molecule has 1 radical (unpaired) electrons. The summed E-state index contributed by atoms with van der Waals surface area (Å²) in [5.41, 5.74) is 0. The average molecular weight is 142 g/mol. The Morgan fingerprint density at radius 2 is 1.80 bits per heavy atom. The predicted molar refractivity (Wildman–Crippen MR) is 17.0 cm³/mol. The van der Waals surface area contributed by atoms with Gasteiger partial charge in [-0.15, -0.1) is 0 Å². The first-order chi connectivity index (χ1) is 1.73. The fraction of sp³-hybridized carbons (Fsp3) is 0. The second-order valence-electron chi connectivity index (χ2n) is 0.283. The predicted octanol–water partition coefficient (Wildman–Crippen LogP) is 0.592. The zero-order chi connectivity index (χ0) is 3.58. The summed E-state index contributed by atoms with van der Waals surface area (Å²) < 4.78 is 0. The second-order valence-corrected chi connectivity index (χ2v) is 0.665. The van der Waals surface area contributed by atoms with E-state index in [-0.39, 0.29) is 17.1 Å². The van der Waals surface area contributed by atoms with Gasteiger partial charge in [-0.2, -0.15) is 0 Å². The molecule has 0 amide bonds. The molecule has 0 bridgehead atoms. The quantitative estimate of drug-likeness (QED) is 0.383. The molecule has 0 aliphatic rings. The van der Waals surface area contributed by atoms with Gasteiger partial charge >= 0.3 is 5.30 Å². The van der Waals surface area contributed by atoms with Gasteiger partial charge in [0, 0.05) is 17.1 Å². The number of rotatable bonds is 0. The number of carbonyl (C=O) groups is 1. The summed E-state index contributed by atoms with van der Waals surface area (Å²) in [7, 11) is 0. The van der Waals surface area contributed by atoms with Crippen molar-refractivity contribution in [1.82, 2.24) is 0 Å². The van der Waals surface area contributed by atoms with Gasteiger partial charge in [-0.05, 0) is 0 Å². The van der Waals surface area contributed by atoms with Gasteiger partial charge in [0.2, 0.25) is 0 Å². The van der Waals surface area contributed by atoms with E-state index in [4.69, 9.17) is 9.90 Å². The summed E-state index contributed by atoms with van der Waals surface area (Å²) in [6, 6.07) is 0. The molecule has 0 aliphatic carbocycles. The van der Waals surface area contributed by atoms with Gasteiger partial charge in [-0.3, -0.25) is 0 Å². The van der Waals surface area contributed by atoms with Crippen LogP contribution < -0.4 is 0 Å². The summed E-state index contributed by atoms with van der Waals surface area (Å²) in [6.07, 6.45) is 0. The number of hydrogen-bond donors (Lipinski definition) is 2. The van der Waals surface area contributed by atoms with E-state index >= 15 is 0 Å². The molecule has 5 heavy (non-hydrogen) atoms. The third-order valence-electron chi connectivity index (χ3n) is 0. The molecule has 0 heterocycles. The molecule has 0 rings (SSSR count). The van der Waals surface area contributed by atoms with Crippen molar-refractivity contribution < 1.29 is 27.0 Å². The SMILES string of the molecule is O=C(O)S.[Cu]. The zero-order valence-corrected chi connectivity index (χ0v) is 3.94. The van der Waals surface area contributed by atoms with Crippen LogP contribution in [0.3, 0.4) is 0 Å². The Balaban J connectivity index is 0. The molecule has 0 atom stereocenters. The molecule has 0 fully saturated rings. The Kier molecular flexibility index (Phi) is 7.83. The molecule has 0 aromatic carbocycles. The fourth-order valence-corrected chi connectivity index (χ4v) is 0. The van der Waals surface area contributed by atoms with E-state index in [1.807, 2.05) is 0 Å². The van der Waals surface area contributed by atoms with Crippen molar-refractivity contribution in [3.8, 4) is 0 Å². The minimum atomic E-state index is -1.14. The number of thiol groups is 1. The van der Waals surface area contributed by atoms with E-state index in [9.17, 15) is 0 Å². The molecule has 35 valence electrons. The molecular formula is CH2CuO2S. The van der Waals surface area contributed by atoms with Crippen LogP contribution in [0.15, 0.2) is 0 Å². The minimum Gasteiger partial charge on any atom is -0.473 e. The van der Waals surface area contributed by atoms with Gasteiger partial charge in [-0.25, -0.2) is 4.79 Å². The number of hydrogen-bond acceptors (Lipinski definition) is 1. The van der Waals surface area contributed by atoms with Gasteiger partial charge in [0.25, 0.3) is 0 Å². The van der Waals surface area contributed by atoms with Gasteiger partial charge in [0.15, 0.2) is 0 Å². The molecule has 0 spiro atoms. The Labute approximate surface area is 45.4 Å². The third-order valence-corrected chi connectivity index (χ3v) is 0. The molecule has 0 aromatic rings. The van der Waals surface area contributed by atoms with Crippen molar-refractivity contribution >= 4 is 17.9 Å². The van der Waals surface area contributed by atoms with Crippen molar-refractivity contribution in [1.29, 1.82) is 0 Å². The molecular weight excluding hydrogens is 140 g/mol. The van der Waals surface area contributed by atoms with Gasteiger partial charge in [-0.1, -0.05) is 12.6 Å². The van der Waals surface area contributed by atoms with Crippen LogP contribution in [0.2, 0.25) is 0 Å². The Bertz CT molecular complexity index is 32.6. The summed E-state index contributed by atoms with van der Waals surface area (Å²) in [6.45, 7) is 0. The molecule has 1 N–H and O–H groups in total. The monoisotopic (exact) mass is 141 g/mol. The minimum absolute atomic E-state index is 0. The van der Waals surface area contributed by atoms with Crippen LogP contribution in [-0.4, -0.2) is 10.4 Å². The Morgan fingerprint density at radius 1 is 1.80 bits per heavy atom. The Hall–Kier alpha value is 0.339. The molecule has 4 heteroatoms. The summed E-state index contributed by atoms with van der Waals surface area (Å²) in [5.74, 6) is 0. The average Bonchev–Trinajstić information content (AvgIpc) is 0.811. The van der Waals surface area contributed by atoms with Crippen molar-refractivity contribution in [3.63, 3.8) is 0 Å². The fourth-order valence-electron chi connectivity index (χ4n) is 0.